The van der Waals surface area contributed by atoms with Gasteiger partial charge in [-0.3, -0.25) is 0 Å². The van der Waals surface area contributed by atoms with Gasteiger partial charge in [0.1, 0.15) is 17.1 Å². The van der Waals surface area contributed by atoms with Crippen molar-refractivity contribution in [2.75, 3.05) is 41.3 Å². The molecule has 5 rings (SSSR count). The molecule has 4 atom stereocenters. The third-order valence-electron chi connectivity index (χ3n) is 6.58. The van der Waals surface area contributed by atoms with E-state index in [1.165, 1.54) is 12.1 Å². The lowest BCUT2D eigenvalue weighted by molar-refractivity contribution is 0.0731. The lowest BCUT2D eigenvalue weighted by Gasteiger charge is -2.36. The fourth-order valence-corrected chi connectivity index (χ4v) is 4.87. The quantitative estimate of drug-likeness (QED) is 0.179. The van der Waals surface area contributed by atoms with Crippen LogP contribution in [-0.4, -0.2) is 81.5 Å². The molecule has 0 bridgehead atoms. The van der Waals surface area contributed by atoms with Gasteiger partial charge >= 0.3 is 5.97 Å². The van der Waals surface area contributed by atoms with Crippen LogP contribution in [0.3, 0.4) is 0 Å². The highest BCUT2D eigenvalue weighted by Crippen LogP contribution is 2.27. The van der Waals surface area contributed by atoms with Gasteiger partial charge < -0.3 is 47.3 Å². The Bertz CT molecular complexity index is 1250. The van der Waals surface area contributed by atoms with E-state index in [9.17, 15) is 15.0 Å². The second kappa shape index (κ2) is 12.6. The zero-order valence-electron chi connectivity index (χ0n) is 21.8. The van der Waals surface area contributed by atoms with Crippen LogP contribution in [-0.2, 0) is 0 Å². The largest absolute Gasteiger partial charge is 0.507 e. The number of phenols is 1. The summed E-state index contributed by atoms with van der Waals surface area (Å²) in [7, 11) is 0. The normalized spacial score (nSPS) is 22.8. The lowest BCUT2D eigenvalue weighted by Crippen LogP contribution is -2.53. The highest BCUT2D eigenvalue weighted by molar-refractivity contribution is 5.94. The molecule has 1 aromatic heterocycles. The first-order valence-corrected chi connectivity index (χ1v) is 12.8. The number of nitrogens with two attached hydrogens (primary N) is 3. The first kappa shape index (κ1) is 29.2. The Balaban J connectivity index is 0.00000370. The van der Waals surface area contributed by atoms with Crippen LogP contribution in [0, 0.1) is 0 Å². The van der Waals surface area contributed by atoms with Crippen molar-refractivity contribution in [3.8, 4) is 11.5 Å². The summed E-state index contributed by atoms with van der Waals surface area (Å²) in [6, 6.07) is 12.6. The molecule has 2 aromatic carbocycles. The summed E-state index contributed by atoms with van der Waals surface area (Å²) in [6.07, 6.45) is 0.584. The molecule has 9 N–H and O–H groups in total. The molecule has 0 aliphatic carbocycles. The van der Waals surface area contributed by atoms with Gasteiger partial charge in [-0.25, -0.2) is 4.79 Å². The van der Waals surface area contributed by atoms with Crippen LogP contribution in [0.25, 0.3) is 0 Å². The number of aliphatic hydroxyl groups excluding tert-OH is 1. The summed E-state index contributed by atoms with van der Waals surface area (Å²) in [5.74, 6) is 0.344. The van der Waals surface area contributed by atoms with Gasteiger partial charge in [-0.1, -0.05) is 18.2 Å². The molecule has 214 valence electrons. The number of ether oxygens (including phenoxy) is 1. The molecule has 2 aliphatic heterocycles. The third kappa shape index (κ3) is 7.06. The fourth-order valence-electron chi connectivity index (χ4n) is 4.87. The summed E-state index contributed by atoms with van der Waals surface area (Å²) in [5, 5.41) is 23.9. The standard InChI is InChI=1S/C26H33N9O4.ClH/c27-15-8-16(28)12-34(11-15)25-31-24(32-26(33-25)35-13-17(29)9-19(36)14-35)30-18-6-7-21(22(37)10-18)23(38)39-20-4-2-1-3-5-20;/h1-7,10,15-17,19,36-37H,8-9,11-14,27-29H2,(H,30,31,32,33);1H/t15-,16+,17-,19+;/m1./s1. The number of aromatic hydroxyl groups is 1. The summed E-state index contributed by atoms with van der Waals surface area (Å²) in [5.41, 5.74) is 19.0. The molecule has 2 aliphatic rings. The number of phenolic OH excluding ortho intramolecular Hbond substituents is 1. The molecular weight excluding hydrogens is 538 g/mol. The zero-order valence-corrected chi connectivity index (χ0v) is 22.6. The van der Waals surface area contributed by atoms with Crippen LogP contribution >= 0.6 is 12.4 Å². The average Bonchev–Trinajstić information content (AvgIpc) is 2.88. The number of rotatable bonds is 6. The number of β-amino-alcohol motifs (C(OH)–C–C–N with tert-alkyl or cyclic N) is 1. The Morgan fingerprint density at radius 2 is 1.48 bits per heavy atom. The minimum Gasteiger partial charge on any atom is -0.507 e. The van der Waals surface area contributed by atoms with E-state index in [1.807, 2.05) is 15.9 Å². The molecule has 14 heteroatoms. The van der Waals surface area contributed by atoms with Gasteiger partial charge in [-0.2, -0.15) is 15.0 Å². The maximum Gasteiger partial charge on any atom is 0.347 e. The monoisotopic (exact) mass is 571 g/mol. The average molecular weight is 572 g/mol. The number of hydrogen-bond acceptors (Lipinski definition) is 13. The number of para-hydroxylation sites is 1. The van der Waals surface area contributed by atoms with E-state index in [-0.39, 0.29) is 47.8 Å². The van der Waals surface area contributed by atoms with Gasteiger partial charge in [0.05, 0.1) is 6.10 Å². The van der Waals surface area contributed by atoms with E-state index in [2.05, 4.69) is 20.3 Å². The number of anilines is 4. The van der Waals surface area contributed by atoms with Crippen molar-refractivity contribution < 1.29 is 19.7 Å². The van der Waals surface area contributed by atoms with Gasteiger partial charge in [-0.15, -0.1) is 12.4 Å². The Morgan fingerprint density at radius 1 is 0.875 bits per heavy atom. The van der Waals surface area contributed by atoms with Crippen molar-refractivity contribution >= 4 is 41.9 Å². The predicted octanol–water partition coefficient (Wildman–Crippen LogP) is 0.725. The van der Waals surface area contributed by atoms with E-state index in [0.717, 1.165) is 0 Å². The Kier molecular flexibility index (Phi) is 9.22. The Labute approximate surface area is 237 Å². The van der Waals surface area contributed by atoms with E-state index < -0.39 is 12.1 Å². The van der Waals surface area contributed by atoms with Crippen LogP contribution in [0.4, 0.5) is 23.5 Å². The van der Waals surface area contributed by atoms with Crippen molar-refractivity contribution in [2.24, 2.45) is 17.2 Å². The predicted molar refractivity (Wildman–Crippen MR) is 153 cm³/mol. The second-order valence-corrected chi connectivity index (χ2v) is 10.0. The molecule has 0 radical (unpaired) electrons. The van der Waals surface area contributed by atoms with Crippen LogP contribution in [0.1, 0.15) is 23.2 Å². The van der Waals surface area contributed by atoms with Crippen LogP contribution < -0.4 is 37.1 Å². The summed E-state index contributed by atoms with van der Waals surface area (Å²) in [4.78, 5) is 30.1. The van der Waals surface area contributed by atoms with Crippen molar-refractivity contribution in [3.05, 3.63) is 54.1 Å². The number of nitrogens with zero attached hydrogens (tertiary/aromatic N) is 5. The van der Waals surface area contributed by atoms with Crippen LogP contribution in [0.5, 0.6) is 11.5 Å². The molecule has 13 nitrogen and oxygen atoms in total. The van der Waals surface area contributed by atoms with Crippen LogP contribution in [0.15, 0.2) is 48.5 Å². The van der Waals surface area contributed by atoms with E-state index in [4.69, 9.17) is 21.9 Å². The van der Waals surface area contributed by atoms with Crippen molar-refractivity contribution in [2.45, 2.75) is 37.1 Å². The second-order valence-electron chi connectivity index (χ2n) is 10.0. The SMILES string of the molecule is Cl.N[C@@H]1C[C@H](N)CN(c2nc(Nc3ccc(C(=O)Oc4ccccc4)c(O)c3)nc(N3C[C@H](N)C[C@H](O)C3)n2)C1. The number of carbonyl (C=O) groups excluding carboxylic acids is 1. The molecule has 3 heterocycles. The first-order chi connectivity index (χ1) is 18.7. The summed E-state index contributed by atoms with van der Waals surface area (Å²) < 4.78 is 5.33. The van der Waals surface area contributed by atoms with Gasteiger partial charge in [0.25, 0.3) is 0 Å². The Morgan fingerprint density at radius 3 is 2.08 bits per heavy atom. The highest BCUT2D eigenvalue weighted by atomic mass is 35.5. The number of hydrogen-bond donors (Lipinski definition) is 6. The number of nitrogens with one attached hydrogen (secondary N) is 1. The number of aliphatic hydroxyl groups is 1. The lowest BCUT2D eigenvalue weighted by atomic mass is 10.0. The number of aromatic nitrogens is 3. The topological polar surface area (TPSA) is 202 Å². The number of carbonyl (C=O) groups is 1. The molecule has 3 aromatic rings. The maximum absolute atomic E-state index is 12.6. The van der Waals surface area contributed by atoms with E-state index in [0.29, 0.717) is 62.4 Å². The maximum atomic E-state index is 12.6. The number of piperidine rings is 2. The summed E-state index contributed by atoms with van der Waals surface area (Å²) in [6.45, 7) is 1.85. The van der Waals surface area contributed by atoms with Crippen LogP contribution in [0.2, 0.25) is 0 Å². The van der Waals surface area contributed by atoms with E-state index in [1.54, 1.807) is 30.3 Å². The van der Waals surface area contributed by atoms with Gasteiger partial charge in [-0.05, 0) is 37.1 Å². The fraction of sp³-hybridized carbons (Fsp3) is 0.385. The van der Waals surface area contributed by atoms with Gasteiger partial charge in [0.2, 0.25) is 17.8 Å². The molecule has 0 saturated carbocycles. The minimum atomic E-state index is -0.687. The van der Waals surface area contributed by atoms with Gasteiger partial charge in [0, 0.05) is 56.1 Å². The minimum absolute atomic E-state index is 0. The molecule has 2 saturated heterocycles. The van der Waals surface area contributed by atoms with Crippen molar-refractivity contribution in [3.63, 3.8) is 0 Å². The van der Waals surface area contributed by atoms with E-state index >= 15 is 0 Å². The van der Waals surface area contributed by atoms with Crippen molar-refractivity contribution in [1.82, 2.24) is 15.0 Å². The van der Waals surface area contributed by atoms with Gasteiger partial charge in [0.15, 0.2) is 0 Å². The molecule has 0 amide bonds. The summed E-state index contributed by atoms with van der Waals surface area (Å²) >= 11 is 0. The first-order valence-electron chi connectivity index (χ1n) is 12.8. The number of esters is 1. The zero-order chi connectivity index (χ0) is 27.5. The smallest absolute Gasteiger partial charge is 0.347 e. The molecule has 2 fully saturated rings. The number of benzene rings is 2. The molecule has 40 heavy (non-hydrogen) atoms. The molecular formula is C26H34ClN9O4. The third-order valence-corrected chi connectivity index (χ3v) is 6.58. The number of halogens is 1. The Hall–Kier alpha value is -3.75. The highest BCUT2D eigenvalue weighted by Gasteiger charge is 2.29. The van der Waals surface area contributed by atoms with Crippen molar-refractivity contribution in [1.29, 1.82) is 0 Å². The molecule has 0 spiro atoms. The molecule has 0 unspecified atom stereocenters.